The zero-order chi connectivity index (χ0) is 45.6. The van der Waals surface area contributed by atoms with Crippen molar-refractivity contribution in [1.29, 1.82) is 0 Å². The average Bonchev–Trinajstić information content (AvgIpc) is 4.18. The molecule has 0 fully saturated rings. The summed E-state index contributed by atoms with van der Waals surface area (Å²) < 4.78 is 0. The lowest BCUT2D eigenvalue weighted by atomic mass is 9.84. The Kier molecular flexibility index (Phi) is 8.51. The molecule has 0 saturated heterocycles. The minimum absolute atomic E-state index is 0.0728. The van der Waals surface area contributed by atoms with E-state index in [2.05, 4.69) is 19.9 Å². The minimum atomic E-state index is -0.153. The molecule has 0 atom stereocenters. The highest BCUT2D eigenvalue weighted by Crippen LogP contribution is 2.52. The number of aliphatic imine (C=N–C) groups is 4. The summed E-state index contributed by atoms with van der Waals surface area (Å²) in [4.78, 5) is 39.1. The molecule has 0 radical (unpaired) electrons. The van der Waals surface area contributed by atoms with Crippen LogP contribution in [0.2, 0.25) is 0 Å². The molecule has 8 aromatic rings. The molecule has 0 amide bonds. The minimum Gasteiger partial charge on any atom is -0.505 e. The average molecular weight is 881 g/mol. The third-order valence-electron chi connectivity index (χ3n) is 12.6. The lowest BCUT2D eigenvalue weighted by Crippen LogP contribution is -2.08. The van der Waals surface area contributed by atoms with Crippen molar-refractivity contribution >= 4 is 88.8 Å². The topological polar surface area (TPSA) is 182 Å². The molecule has 68 heavy (non-hydrogen) atoms. The van der Waals surface area contributed by atoms with Crippen LogP contribution in [0.15, 0.2) is 213 Å². The molecule has 8 bridgehead atoms. The predicted molar refractivity (Wildman–Crippen MR) is 268 cm³/mol. The van der Waals surface area contributed by atoms with Crippen LogP contribution in [-0.2, 0) is 0 Å². The van der Waals surface area contributed by atoms with Crippen molar-refractivity contribution in [2.45, 2.75) is 0 Å². The van der Waals surface area contributed by atoms with E-state index in [0.29, 0.717) is 123 Å². The van der Waals surface area contributed by atoms with Crippen LogP contribution in [0.5, 0.6) is 23.0 Å². The van der Waals surface area contributed by atoms with Crippen LogP contribution < -0.4 is 0 Å². The normalized spacial score (nSPS) is 16.4. The van der Waals surface area contributed by atoms with E-state index >= 15 is 0 Å². The lowest BCUT2D eigenvalue weighted by Gasteiger charge is -2.20. The van der Waals surface area contributed by atoms with Gasteiger partial charge in [-0.1, -0.05) is 48.5 Å². The Morgan fingerprint density at radius 2 is 0.765 bits per heavy atom. The quantitative estimate of drug-likeness (QED) is 0.135. The van der Waals surface area contributed by atoms with Gasteiger partial charge in [-0.25, -0.2) is 20.0 Å². The molecule has 4 N–H and O–H groups in total. The molecule has 0 saturated carbocycles. The highest BCUT2D eigenvalue weighted by Gasteiger charge is 2.37. The monoisotopic (exact) mass is 880 g/mol. The second-order valence-electron chi connectivity index (χ2n) is 16.6. The Hall–Kier alpha value is -9.68. The van der Waals surface area contributed by atoms with Gasteiger partial charge in [-0.15, -0.1) is 0 Å². The maximum atomic E-state index is 12.6. The van der Waals surface area contributed by atoms with Crippen LogP contribution >= 0.6 is 0 Å². The Labute approximate surface area is 386 Å². The van der Waals surface area contributed by atoms with Gasteiger partial charge in [0, 0.05) is 90.9 Å². The summed E-state index contributed by atoms with van der Waals surface area (Å²) in [5.74, 6) is -0.473. The fourth-order valence-electron chi connectivity index (χ4n) is 9.47. The summed E-state index contributed by atoms with van der Waals surface area (Å²) in [5.41, 5.74) is 8.48. The van der Waals surface area contributed by atoms with Gasteiger partial charge < -0.3 is 20.4 Å². The first-order valence-electron chi connectivity index (χ1n) is 21.7. The Bertz CT molecular complexity index is 4070. The van der Waals surface area contributed by atoms with Crippen molar-refractivity contribution in [2.24, 2.45) is 20.0 Å². The summed E-state index contributed by atoms with van der Waals surface area (Å²) in [6, 6.07) is 29.4. The number of hydrogen-bond donors (Lipinski definition) is 4. The van der Waals surface area contributed by atoms with Crippen molar-refractivity contribution in [3.63, 3.8) is 0 Å². The molecule has 0 spiro atoms. The first kappa shape index (κ1) is 38.8. The number of hydrogen-bond acceptors (Lipinski definition) is 12. The van der Waals surface area contributed by atoms with Crippen molar-refractivity contribution in [3.05, 3.63) is 215 Å². The first-order valence-corrected chi connectivity index (χ1v) is 21.7. The summed E-state index contributed by atoms with van der Waals surface area (Å²) in [7, 11) is 0. The van der Waals surface area contributed by atoms with Crippen LogP contribution in [0, 0.1) is 0 Å². The second-order valence-corrected chi connectivity index (χ2v) is 16.6. The fraction of sp³-hybridized carbons (Fsp3) is 0. The molecule has 12 nitrogen and oxygen atoms in total. The van der Waals surface area contributed by atoms with Crippen LogP contribution in [0.25, 0.3) is 65.9 Å². The Morgan fingerprint density at radius 3 is 1.28 bits per heavy atom. The maximum absolute atomic E-state index is 12.6. The third-order valence-corrected chi connectivity index (χ3v) is 12.6. The molecule has 4 aromatic carbocycles. The number of rotatable bonds is 4. The number of aromatic hydroxyl groups is 4. The lowest BCUT2D eigenvalue weighted by molar-refractivity contribution is 0.477. The van der Waals surface area contributed by atoms with Gasteiger partial charge in [0.05, 0.1) is 45.6 Å². The number of phenols is 4. The number of phenolic OH excluding ortho intramolecular Hbond substituents is 4. The molecule has 13 rings (SSSR count). The standard InChI is InChI=1S/C56H32N8O4/c65-53-38(17-9-29-5-1-21-57-47(29)53)42-27-37-26-35-14-13-33(61-35)25-34-15-16-36(62-34)28-43-44(39-18-10-30-6-2-22-58-48(30)54(39)66)45(40-19-11-31-7-3-23-59-49(31)55(40)67)52(64-43)46(51(42)63-37)41-20-12-32-8-4-24-60-50(32)56(41)68/h1-28,65-68H. The summed E-state index contributed by atoms with van der Waals surface area (Å²) in [6.45, 7) is 0. The highest BCUT2D eigenvalue weighted by atomic mass is 16.3. The number of benzene rings is 4. The zero-order valence-electron chi connectivity index (χ0n) is 35.5. The number of aromatic nitrogens is 4. The summed E-state index contributed by atoms with van der Waals surface area (Å²) in [6.07, 6.45) is 21.5. The van der Waals surface area contributed by atoms with Gasteiger partial charge in [0.1, 0.15) is 45.1 Å². The maximum Gasteiger partial charge on any atom is 0.149 e. The predicted octanol–water partition coefficient (Wildman–Crippen LogP) is 10.7. The Balaban J connectivity index is 1.23. The van der Waals surface area contributed by atoms with Crippen LogP contribution in [-0.4, -0.2) is 63.2 Å². The molecule has 0 unspecified atom stereocenters. The van der Waals surface area contributed by atoms with Gasteiger partial charge in [-0.3, -0.25) is 19.9 Å². The smallest absolute Gasteiger partial charge is 0.149 e. The zero-order valence-corrected chi connectivity index (χ0v) is 35.5. The molecule has 12 heteroatoms. The molecule has 0 aliphatic carbocycles. The fourth-order valence-corrected chi connectivity index (χ4v) is 9.47. The van der Waals surface area contributed by atoms with Crippen LogP contribution in [0.4, 0.5) is 0 Å². The second kappa shape index (κ2) is 14.9. The molecule has 4 aromatic heterocycles. The Morgan fingerprint density at radius 1 is 0.338 bits per heavy atom. The highest BCUT2D eigenvalue weighted by molar-refractivity contribution is 6.51. The van der Waals surface area contributed by atoms with Crippen molar-refractivity contribution < 1.29 is 20.4 Å². The van der Waals surface area contributed by atoms with Gasteiger partial charge in [0.15, 0.2) is 0 Å². The summed E-state index contributed by atoms with van der Waals surface area (Å²) >= 11 is 0. The van der Waals surface area contributed by atoms with E-state index in [4.69, 9.17) is 20.0 Å². The van der Waals surface area contributed by atoms with E-state index < -0.39 is 0 Å². The SMILES string of the molecule is Oc1c(C2=CC3=CC4=NC(=CC5=NC(=CC6=NC(=C(c7ccc8cccnc8c7O)C2=N3)C(c2ccc3cccnc3c2O)=C6c2ccc3cccnc3c2O)C=C5)C=C4)ccc2cccnc12. The molecular formula is C56H32N8O4. The van der Waals surface area contributed by atoms with Gasteiger partial charge in [0.2, 0.25) is 0 Å². The van der Waals surface area contributed by atoms with Crippen LogP contribution in [0.1, 0.15) is 22.3 Å². The molecule has 5 aliphatic heterocycles. The molecule has 9 heterocycles. The first-order chi connectivity index (χ1) is 33.3. The number of fused-ring (bicyclic) bond motifs is 8. The van der Waals surface area contributed by atoms with Crippen molar-refractivity contribution in [3.8, 4) is 23.0 Å². The number of allylic oxidation sites excluding steroid dienone is 12. The van der Waals surface area contributed by atoms with E-state index in [1.165, 1.54) is 0 Å². The van der Waals surface area contributed by atoms with E-state index in [1.807, 2.05) is 115 Å². The van der Waals surface area contributed by atoms with Crippen molar-refractivity contribution in [1.82, 2.24) is 19.9 Å². The van der Waals surface area contributed by atoms with E-state index in [1.54, 1.807) is 55.1 Å². The van der Waals surface area contributed by atoms with Crippen LogP contribution in [0.3, 0.4) is 0 Å². The largest absolute Gasteiger partial charge is 0.505 e. The third kappa shape index (κ3) is 6.08. The van der Waals surface area contributed by atoms with E-state index in [0.717, 1.165) is 5.39 Å². The van der Waals surface area contributed by atoms with Crippen molar-refractivity contribution in [2.75, 3.05) is 0 Å². The van der Waals surface area contributed by atoms with Gasteiger partial charge in [-0.05, 0) is 97.1 Å². The van der Waals surface area contributed by atoms with Gasteiger partial charge >= 0.3 is 0 Å². The molecule has 320 valence electrons. The number of pyridine rings is 4. The van der Waals surface area contributed by atoms with Gasteiger partial charge in [-0.2, -0.15) is 0 Å². The van der Waals surface area contributed by atoms with E-state index in [9.17, 15) is 20.4 Å². The van der Waals surface area contributed by atoms with Gasteiger partial charge in [0.25, 0.3) is 0 Å². The molecular weight excluding hydrogens is 849 g/mol. The number of nitrogens with zero attached hydrogens (tertiary/aromatic N) is 8. The molecule has 5 aliphatic rings. The van der Waals surface area contributed by atoms with E-state index in [-0.39, 0.29) is 28.7 Å². The summed E-state index contributed by atoms with van der Waals surface area (Å²) in [5, 5.41) is 52.6.